The van der Waals surface area contributed by atoms with E-state index in [0.29, 0.717) is 11.8 Å². The lowest BCUT2D eigenvalue weighted by Crippen LogP contribution is -2.34. The summed E-state index contributed by atoms with van der Waals surface area (Å²) in [6.45, 7) is 4.24. The number of halogens is 4. The van der Waals surface area contributed by atoms with Crippen LogP contribution in [0.2, 0.25) is 5.02 Å². The predicted octanol–water partition coefficient (Wildman–Crippen LogP) is 5.60. The van der Waals surface area contributed by atoms with Crippen molar-refractivity contribution in [3.05, 3.63) is 28.8 Å². The van der Waals surface area contributed by atoms with Gasteiger partial charge in [0.1, 0.15) is 0 Å². The Morgan fingerprint density at radius 3 is 2.55 bits per heavy atom. The largest absolute Gasteiger partial charge is 0.418 e. The highest BCUT2D eigenvalue weighted by molar-refractivity contribution is 6.30. The molecule has 112 valence electrons. The average molecular weight is 306 g/mol. The summed E-state index contributed by atoms with van der Waals surface area (Å²) in [5, 5.41) is 3.19. The van der Waals surface area contributed by atoms with E-state index in [1.54, 1.807) is 0 Å². The number of benzene rings is 1. The van der Waals surface area contributed by atoms with E-state index in [0.717, 1.165) is 25.3 Å². The zero-order valence-electron chi connectivity index (χ0n) is 11.6. The van der Waals surface area contributed by atoms with E-state index in [4.69, 9.17) is 11.6 Å². The summed E-state index contributed by atoms with van der Waals surface area (Å²) in [7, 11) is 0. The van der Waals surface area contributed by atoms with Crippen LogP contribution in [0.15, 0.2) is 18.2 Å². The fraction of sp³-hybridized carbons (Fsp3) is 0.600. The van der Waals surface area contributed by atoms with Crippen LogP contribution in [0, 0.1) is 11.8 Å². The molecule has 3 unspecified atom stereocenters. The Morgan fingerprint density at radius 2 is 1.90 bits per heavy atom. The van der Waals surface area contributed by atoms with Crippen LogP contribution in [0.4, 0.5) is 18.9 Å². The van der Waals surface area contributed by atoms with Gasteiger partial charge in [-0.15, -0.1) is 0 Å². The Hall–Kier alpha value is -0.900. The van der Waals surface area contributed by atoms with Crippen molar-refractivity contribution >= 4 is 17.3 Å². The van der Waals surface area contributed by atoms with Crippen molar-refractivity contribution in [1.82, 2.24) is 0 Å². The highest BCUT2D eigenvalue weighted by Crippen LogP contribution is 2.38. The Balaban J connectivity index is 2.24. The highest BCUT2D eigenvalue weighted by atomic mass is 35.5. The number of hydrogen-bond acceptors (Lipinski definition) is 1. The maximum Gasteiger partial charge on any atom is 0.418 e. The Bertz CT molecular complexity index is 473. The summed E-state index contributed by atoms with van der Waals surface area (Å²) < 4.78 is 39.2. The molecular formula is C15H19ClF3N. The van der Waals surface area contributed by atoms with E-state index < -0.39 is 11.7 Å². The van der Waals surface area contributed by atoms with E-state index in [2.05, 4.69) is 19.2 Å². The number of nitrogens with one attached hydrogen (secondary N) is 1. The lowest BCUT2D eigenvalue weighted by molar-refractivity contribution is -0.137. The van der Waals surface area contributed by atoms with Gasteiger partial charge in [-0.05, 0) is 42.9 Å². The molecule has 0 aliphatic heterocycles. The molecule has 5 heteroatoms. The third kappa shape index (κ3) is 3.60. The van der Waals surface area contributed by atoms with Crippen LogP contribution in [0.3, 0.4) is 0 Å². The van der Waals surface area contributed by atoms with Crippen LogP contribution in [0.1, 0.15) is 38.7 Å². The van der Waals surface area contributed by atoms with Crippen LogP contribution >= 0.6 is 11.6 Å². The molecule has 1 saturated carbocycles. The number of alkyl halides is 3. The van der Waals surface area contributed by atoms with Crippen LogP contribution in [0.25, 0.3) is 0 Å². The fourth-order valence-corrected chi connectivity index (χ4v) is 2.98. The standard InChI is InChI=1S/C15H19ClF3N/c1-9-3-4-10(2)14(7-9)20-13-6-5-11(16)8-12(13)15(17,18)19/h5-6,8-10,14,20H,3-4,7H2,1-2H3. The van der Waals surface area contributed by atoms with Crippen LogP contribution in [-0.2, 0) is 6.18 Å². The van der Waals surface area contributed by atoms with Gasteiger partial charge < -0.3 is 5.32 Å². The lowest BCUT2D eigenvalue weighted by atomic mass is 9.80. The molecule has 1 nitrogen and oxygen atoms in total. The highest BCUT2D eigenvalue weighted by Gasteiger charge is 2.35. The molecule has 0 radical (unpaired) electrons. The molecule has 1 aliphatic carbocycles. The average Bonchev–Trinajstić information content (AvgIpc) is 2.34. The molecule has 0 heterocycles. The van der Waals surface area contributed by atoms with Gasteiger partial charge in [-0.25, -0.2) is 0 Å². The van der Waals surface area contributed by atoms with Crippen molar-refractivity contribution < 1.29 is 13.2 Å². The maximum atomic E-state index is 13.1. The molecule has 1 aromatic rings. The zero-order chi connectivity index (χ0) is 14.9. The maximum absolute atomic E-state index is 13.1. The smallest absolute Gasteiger partial charge is 0.382 e. The van der Waals surface area contributed by atoms with Gasteiger partial charge in [0.25, 0.3) is 0 Å². The number of hydrogen-bond donors (Lipinski definition) is 1. The predicted molar refractivity (Wildman–Crippen MR) is 76.0 cm³/mol. The van der Waals surface area contributed by atoms with Crippen LogP contribution in [-0.4, -0.2) is 6.04 Å². The first kappa shape index (κ1) is 15.5. The summed E-state index contributed by atoms with van der Waals surface area (Å²) in [5.74, 6) is 0.924. The fourth-order valence-electron chi connectivity index (χ4n) is 2.81. The summed E-state index contributed by atoms with van der Waals surface area (Å²) in [5.41, 5.74) is -0.553. The molecule has 2 rings (SSSR count). The first-order chi connectivity index (χ1) is 9.27. The van der Waals surface area contributed by atoms with Crippen molar-refractivity contribution in [2.75, 3.05) is 5.32 Å². The van der Waals surface area contributed by atoms with Gasteiger partial charge in [0, 0.05) is 16.8 Å². The van der Waals surface area contributed by atoms with E-state index in [-0.39, 0.29) is 16.8 Å². The molecule has 0 aromatic heterocycles. The Labute approximate surface area is 122 Å². The van der Waals surface area contributed by atoms with Gasteiger partial charge >= 0.3 is 6.18 Å². The van der Waals surface area contributed by atoms with Crippen LogP contribution < -0.4 is 5.32 Å². The van der Waals surface area contributed by atoms with Crippen molar-refractivity contribution in [3.63, 3.8) is 0 Å². The third-order valence-electron chi connectivity index (χ3n) is 4.09. The van der Waals surface area contributed by atoms with Crippen molar-refractivity contribution in [2.24, 2.45) is 11.8 Å². The van der Waals surface area contributed by atoms with Crippen LogP contribution in [0.5, 0.6) is 0 Å². The van der Waals surface area contributed by atoms with Gasteiger partial charge in [0.05, 0.1) is 5.56 Å². The summed E-state index contributed by atoms with van der Waals surface area (Å²) >= 11 is 5.69. The molecule has 0 bridgehead atoms. The second-order valence-electron chi connectivity index (χ2n) is 5.83. The van der Waals surface area contributed by atoms with Gasteiger partial charge in [0.15, 0.2) is 0 Å². The molecular weight excluding hydrogens is 287 g/mol. The molecule has 0 amide bonds. The molecule has 1 fully saturated rings. The van der Waals surface area contributed by atoms with Crippen molar-refractivity contribution in [3.8, 4) is 0 Å². The van der Waals surface area contributed by atoms with Gasteiger partial charge in [-0.2, -0.15) is 13.2 Å². The first-order valence-corrected chi connectivity index (χ1v) is 7.28. The van der Waals surface area contributed by atoms with Crippen molar-refractivity contribution in [2.45, 2.75) is 45.3 Å². The number of rotatable bonds is 2. The Morgan fingerprint density at radius 1 is 1.20 bits per heavy atom. The molecule has 3 atom stereocenters. The molecule has 0 saturated heterocycles. The van der Waals surface area contributed by atoms with E-state index in [1.165, 1.54) is 12.1 Å². The molecule has 1 N–H and O–H groups in total. The molecule has 1 aliphatic rings. The third-order valence-corrected chi connectivity index (χ3v) is 4.32. The van der Waals surface area contributed by atoms with E-state index in [9.17, 15) is 13.2 Å². The summed E-state index contributed by atoms with van der Waals surface area (Å²) in [6.07, 6.45) is -1.29. The topological polar surface area (TPSA) is 12.0 Å². The lowest BCUT2D eigenvalue weighted by Gasteiger charge is -2.34. The molecule has 1 aromatic carbocycles. The summed E-state index contributed by atoms with van der Waals surface area (Å²) in [6, 6.07) is 4.00. The normalized spacial score (nSPS) is 27.4. The first-order valence-electron chi connectivity index (χ1n) is 6.90. The minimum atomic E-state index is -4.39. The second kappa shape index (κ2) is 5.84. The quantitative estimate of drug-likeness (QED) is 0.750. The minimum Gasteiger partial charge on any atom is -0.382 e. The molecule has 20 heavy (non-hydrogen) atoms. The zero-order valence-corrected chi connectivity index (χ0v) is 12.4. The minimum absolute atomic E-state index is 0.0843. The van der Waals surface area contributed by atoms with Gasteiger partial charge in [-0.3, -0.25) is 0 Å². The SMILES string of the molecule is CC1CCC(C)C(Nc2ccc(Cl)cc2C(F)(F)F)C1. The summed E-state index contributed by atoms with van der Waals surface area (Å²) in [4.78, 5) is 0. The van der Waals surface area contributed by atoms with Gasteiger partial charge in [-0.1, -0.05) is 31.9 Å². The van der Waals surface area contributed by atoms with E-state index >= 15 is 0 Å². The van der Waals surface area contributed by atoms with E-state index in [1.807, 2.05) is 0 Å². The van der Waals surface area contributed by atoms with Crippen molar-refractivity contribution in [1.29, 1.82) is 0 Å². The second-order valence-corrected chi connectivity index (χ2v) is 6.27. The Kier molecular flexibility index (Phi) is 4.52. The molecule has 0 spiro atoms. The monoisotopic (exact) mass is 305 g/mol. The van der Waals surface area contributed by atoms with Gasteiger partial charge in [0.2, 0.25) is 0 Å². The number of anilines is 1.